The van der Waals surface area contributed by atoms with Gasteiger partial charge < -0.3 is 5.32 Å². The van der Waals surface area contributed by atoms with E-state index in [1.165, 1.54) is 0 Å². The minimum absolute atomic E-state index is 0.0133. The predicted molar refractivity (Wildman–Crippen MR) is 83.1 cm³/mol. The molecule has 0 spiro atoms. The summed E-state index contributed by atoms with van der Waals surface area (Å²) < 4.78 is 28.1. The molecule has 1 unspecified atom stereocenters. The summed E-state index contributed by atoms with van der Waals surface area (Å²) in [6.07, 6.45) is 1.42. The third kappa shape index (κ3) is 3.65. The smallest absolute Gasteiger partial charge is 0.162 e. The van der Waals surface area contributed by atoms with Crippen molar-refractivity contribution < 1.29 is 8.78 Å². The minimum atomic E-state index is -0.790. The highest BCUT2D eigenvalue weighted by atomic mass is 79.9. The summed E-state index contributed by atoms with van der Waals surface area (Å²) in [5, 5.41) is 5.39. The summed E-state index contributed by atoms with van der Waals surface area (Å²) in [6.45, 7) is 2.92. The maximum Gasteiger partial charge on any atom is 0.162 e. The third-order valence-electron chi connectivity index (χ3n) is 3.06. The van der Waals surface area contributed by atoms with Crippen molar-refractivity contribution in [2.75, 3.05) is 6.54 Å². The summed E-state index contributed by atoms with van der Waals surface area (Å²) >= 11 is 5.12. The molecular formula is C15H16BrF2NS. The van der Waals surface area contributed by atoms with Crippen LogP contribution in [0.1, 0.15) is 29.8 Å². The second kappa shape index (κ2) is 7.29. The first kappa shape index (κ1) is 15.6. The maximum atomic E-state index is 13.8. The van der Waals surface area contributed by atoms with Crippen LogP contribution >= 0.6 is 27.3 Å². The normalized spacial score (nSPS) is 12.6. The average Bonchev–Trinajstić information content (AvgIpc) is 2.85. The predicted octanol–water partition coefficient (Wildman–Crippen LogP) is 5.07. The second-order valence-corrected chi connectivity index (χ2v) is 6.36. The van der Waals surface area contributed by atoms with E-state index in [4.69, 9.17) is 0 Å². The molecule has 5 heteroatoms. The van der Waals surface area contributed by atoms with Gasteiger partial charge in [-0.2, -0.15) is 0 Å². The van der Waals surface area contributed by atoms with Crippen molar-refractivity contribution in [1.82, 2.24) is 5.32 Å². The highest BCUT2D eigenvalue weighted by Gasteiger charge is 2.18. The molecule has 0 fully saturated rings. The van der Waals surface area contributed by atoms with E-state index in [0.29, 0.717) is 12.0 Å². The van der Waals surface area contributed by atoms with Crippen LogP contribution in [0.25, 0.3) is 0 Å². The molecule has 1 heterocycles. The number of halogens is 3. The van der Waals surface area contributed by atoms with Gasteiger partial charge in [-0.15, -0.1) is 11.3 Å². The number of nitrogens with one attached hydrogen (secondary N) is 1. The summed E-state index contributed by atoms with van der Waals surface area (Å²) in [5.41, 5.74) is 0.402. The van der Waals surface area contributed by atoms with Gasteiger partial charge in [0.2, 0.25) is 0 Å². The largest absolute Gasteiger partial charge is 0.309 e. The Morgan fingerprint density at radius 2 is 2.10 bits per heavy atom. The lowest BCUT2D eigenvalue weighted by Gasteiger charge is -2.18. The third-order valence-corrected chi connectivity index (χ3v) is 5.04. The Kier molecular flexibility index (Phi) is 5.69. The van der Waals surface area contributed by atoms with Crippen molar-refractivity contribution in [1.29, 1.82) is 0 Å². The summed E-state index contributed by atoms with van der Waals surface area (Å²) in [5.74, 6) is -1.54. The zero-order valence-electron chi connectivity index (χ0n) is 11.1. The van der Waals surface area contributed by atoms with Crippen molar-refractivity contribution in [3.8, 4) is 0 Å². The van der Waals surface area contributed by atoms with Gasteiger partial charge in [0.1, 0.15) is 0 Å². The molecule has 1 nitrogen and oxygen atoms in total. The first-order valence-corrected chi connectivity index (χ1v) is 8.20. The number of hydrogen-bond acceptors (Lipinski definition) is 2. The van der Waals surface area contributed by atoms with E-state index < -0.39 is 11.6 Å². The molecule has 20 heavy (non-hydrogen) atoms. The molecule has 1 atom stereocenters. The van der Waals surface area contributed by atoms with E-state index in [9.17, 15) is 8.78 Å². The lowest BCUT2D eigenvalue weighted by Crippen LogP contribution is -2.24. The van der Waals surface area contributed by atoms with Crippen LogP contribution in [0.5, 0.6) is 0 Å². The number of hydrogen-bond donors (Lipinski definition) is 1. The van der Waals surface area contributed by atoms with Gasteiger partial charge in [-0.05, 0) is 58.4 Å². The van der Waals surface area contributed by atoms with Gasteiger partial charge in [0.25, 0.3) is 0 Å². The summed E-state index contributed by atoms with van der Waals surface area (Å²) in [6, 6.07) is 6.30. The molecule has 1 N–H and O–H groups in total. The van der Waals surface area contributed by atoms with Gasteiger partial charge in [0.15, 0.2) is 11.6 Å². The van der Waals surface area contributed by atoms with Crippen molar-refractivity contribution in [2.24, 2.45) is 0 Å². The number of rotatable bonds is 6. The Hall–Kier alpha value is -0.780. The van der Waals surface area contributed by atoms with E-state index in [0.717, 1.165) is 28.4 Å². The number of benzene rings is 1. The summed E-state index contributed by atoms with van der Waals surface area (Å²) in [7, 11) is 0. The van der Waals surface area contributed by atoms with Gasteiger partial charge in [-0.25, -0.2) is 8.78 Å². The van der Waals surface area contributed by atoms with Crippen LogP contribution in [0.4, 0.5) is 8.78 Å². The van der Waals surface area contributed by atoms with E-state index in [-0.39, 0.29) is 6.04 Å². The van der Waals surface area contributed by atoms with Crippen molar-refractivity contribution in [2.45, 2.75) is 25.8 Å². The Labute approximate surface area is 130 Å². The quantitative estimate of drug-likeness (QED) is 0.758. The molecule has 0 aliphatic rings. The molecule has 0 saturated carbocycles. The second-order valence-electron chi connectivity index (χ2n) is 4.56. The van der Waals surface area contributed by atoms with Crippen LogP contribution in [0.15, 0.2) is 34.1 Å². The fourth-order valence-electron chi connectivity index (χ4n) is 2.06. The lowest BCUT2D eigenvalue weighted by molar-refractivity contribution is 0.479. The van der Waals surface area contributed by atoms with Crippen LogP contribution in [-0.2, 0) is 6.42 Å². The van der Waals surface area contributed by atoms with Crippen LogP contribution in [0.3, 0.4) is 0 Å². The molecule has 1 aromatic heterocycles. The zero-order valence-corrected chi connectivity index (χ0v) is 13.5. The highest BCUT2D eigenvalue weighted by Crippen LogP contribution is 2.31. The molecule has 0 aliphatic heterocycles. The molecule has 0 radical (unpaired) electrons. The van der Waals surface area contributed by atoms with Gasteiger partial charge in [-0.3, -0.25) is 0 Å². The fourth-order valence-corrected chi connectivity index (χ4v) is 3.78. The van der Waals surface area contributed by atoms with Gasteiger partial charge in [0, 0.05) is 15.4 Å². The maximum absolute atomic E-state index is 13.8. The molecule has 1 aromatic carbocycles. The SMILES string of the molecule is CCCNC(Cc1cccc(F)c1F)c1sccc1Br. The highest BCUT2D eigenvalue weighted by molar-refractivity contribution is 9.10. The Bertz CT molecular complexity index is 571. The van der Waals surface area contributed by atoms with Crippen molar-refractivity contribution >= 4 is 27.3 Å². The Morgan fingerprint density at radius 1 is 1.30 bits per heavy atom. The molecule has 2 aromatic rings. The first-order chi connectivity index (χ1) is 9.63. The van der Waals surface area contributed by atoms with E-state index >= 15 is 0 Å². The van der Waals surface area contributed by atoms with Crippen LogP contribution < -0.4 is 5.32 Å². The summed E-state index contributed by atoms with van der Waals surface area (Å²) in [4.78, 5) is 1.11. The standard InChI is InChI=1S/C15H16BrF2NS/c1-2-7-19-13(15-11(16)6-8-20-15)9-10-4-3-5-12(17)14(10)18/h3-6,8,13,19H,2,7,9H2,1H3. The fraction of sp³-hybridized carbons (Fsp3) is 0.333. The monoisotopic (exact) mass is 359 g/mol. The van der Waals surface area contributed by atoms with Crippen molar-refractivity contribution in [3.63, 3.8) is 0 Å². The first-order valence-electron chi connectivity index (χ1n) is 6.52. The van der Waals surface area contributed by atoms with Crippen LogP contribution in [0.2, 0.25) is 0 Å². The lowest BCUT2D eigenvalue weighted by atomic mass is 10.0. The van der Waals surface area contributed by atoms with Gasteiger partial charge in [0.05, 0.1) is 0 Å². The molecule has 0 aliphatic carbocycles. The molecule has 108 valence electrons. The zero-order chi connectivity index (χ0) is 14.5. The Morgan fingerprint density at radius 3 is 2.75 bits per heavy atom. The topological polar surface area (TPSA) is 12.0 Å². The van der Waals surface area contributed by atoms with Gasteiger partial charge >= 0.3 is 0 Å². The van der Waals surface area contributed by atoms with E-state index in [1.807, 2.05) is 11.4 Å². The Balaban J connectivity index is 2.24. The minimum Gasteiger partial charge on any atom is -0.309 e. The molecule has 0 amide bonds. The van der Waals surface area contributed by atoms with Crippen LogP contribution in [-0.4, -0.2) is 6.54 Å². The number of thiophene rings is 1. The molecule has 0 saturated heterocycles. The van der Waals surface area contributed by atoms with Crippen molar-refractivity contribution in [3.05, 3.63) is 56.2 Å². The average molecular weight is 360 g/mol. The molecular weight excluding hydrogens is 344 g/mol. The van der Waals surface area contributed by atoms with E-state index in [1.54, 1.807) is 23.5 Å². The molecule has 0 bridgehead atoms. The molecule has 2 rings (SSSR count). The van der Waals surface area contributed by atoms with Crippen LogP contribution in [0, 0.1) is 11.6 Å². The van der Waals surface area contributed by atoms with E-state index in [2.05, 4.69) is 28.2 Å². The van der Waals surface area contributed by atoms with Gasteiger partial charge in [-0.1, -0.05) is 19.1 Å².